The van der Waals surface area contributed by atoms with Gasteiger partial charge in [0.15, 0.2) is 0 Å². The summed E-state index contributed by atoms with van der Waals surface area (Å²) in [4.78, 5) is 8.07. The van der Waals surface area contributed by atoms with Gasteiger partial charge in [-0.1, -0.05) is 0 Å². The number of ether oxygens (including phenoxy) is 1. The van der Waals surface area contributed by atoms with Crippen LogP contribution in [-0.2, 0) is 10.9 Å². The van der Waals surface area contributed by atoms with Gasteiger partial charge in [0.2, 0.25) is 5.82 Å². The molecule has 0 fully saturated rings. The Kier molecular flexibility index (Phi) is 4.11. The summed E-state index contributed by atoms with van der Waals surface area (Å²) in [6.45, 7) is 0.784. The van der Waals surface area contributed by atoms with E-state index >= 15 is 0 Å². The lowest BCUT2D eigenvalue weighted by Gasteiger charge is -2.18. The number of anilines is 2. The Morgan fingerprint density at radius 1 is 1.41 bits per heavy atom. The number of nitrogens with two attached hydrogens (primary N) is 1. The number of likely N-dealkylation sites (N-methyl/N-ethyl adjacent to an activating group) is 1. The third kappa shape index (κ3) is 3.74. The average molecular weight is 250 g/mol. The van der Waals surface area contributed by atoms with Crippen molar-refractivity contribution in [2.45, 2.75) is 6.18 Å². The Labute approximate surface area is 96.4 Å². The average Bonchev–Trinajstić information content (AvgIpc) is 2.23. The zero-order valence-electron chi connectivity index (χ0n) is 9.45. The molecule has 1 aromatic rings. The molecular weight excluding hydrogens is 237 g/mol. The summed E-state index contributed by atoms with van der Waals surface area (Å²) < 4.78 is 42.1. The molecule has 0 bridgehead atoms. The van der Waals surface area contributed by atoms with Crippen LogP contribution in [0, 0.1) is 0 Å². The van der Waals surface area contributed by atoms with E-state index < -0.39 is 12.0 Å². The van der Waals surface area contributed by atoms with Crippen molar-refractivity contribution in [2.75, 3.05) is 37.9 Å². The summed E-state index contributed by atoms with van der Waals surface area (Å²) in [6.07, 6.45) is -4.60. The molecule has 0 radical (unpaired) electrons. The molecule has 0 unspecified atom stereocenters. The number of methoxy groups -OCH3 is 1. The minimum absolute atomic E-state index is 0.113. The predicted octanol–water partition coefficient (Wildman–Crippen LogP) is 1.16. The molecule has 17 heavy (non-hydrogen) atoms. The predicted molar refractivity (Wildman–Crippen MR) is 56.6 cm³/mol. The molecule has 0 aliphatic carbocycles. The number of hydrogen-bond donors (Lipinski definition) is 1. The summed E-state index contributed by atoms with van der Waals surface area (Å²) in [5.74, 6) is -1.34. The molecule has 0 aromatic carbocycles. The number of hydrogen-bond acceptors (Lipinski definition) is 5. The lowest BCUT2D eigenvalue weighted by molar-refractivity contribution is -0.144. The van der Waals surface area contributed by atoms with Crippen LogP contribution in [0.1, 0.15) is 5.82 Å². The molecule has 0 atom stereocenters. The molecule has 2 N–H and O–H groups in total. The van der Waals surface area contributed by atoms with Crippen LogP contribution < -0.4 is 10.6 Å². The number of halogens is 3. The Morgan fingerprint density at radius 2 is 2.06 bits per heavy atom. The molecule has 5 nitrogen and oxygen atoms in total. The number of nitrogen functional groups attached to an aromatic ring is 1. The van der Waals surface area contributed by atoms with Gasteiger partial charge in [0.05, 0.1) is 6.61 Å². The van der Waals surface area contributed by atoms with Gasteiger partial charge in [-0.05, 0) is 0 Å². The van der Waals surface area contributed by atoms with E-state index in [0.717, 1.165) is 0 Å². The monoisotopic (exact) mass is 250 g/mol. The molecule has 0 saturated carbocycles. The maximum absolute atomic E-state index is 12.4. The standard InChI is InChI=1S/C9H13F3N4O/c1-16(3-4-17-2)7-5-6(13)14-8(15-7)9(10,11)12/h5H,3-4H2,1-2H3,(H2,13,14,15). The molecule has 0 saturated heterocycles. The van der Waals surface area contributed by atoms with Crippen molar-refractivity contribution in [3.8, 4) is 0 Å². The first-order chi connectivity index (χ1) is 7.84. The van der Waals surface area contributed by atoms with E-state index in [0.29, 0.717) is 13.2 Å². The fourth-order valence-corrected chi connectivity index (χ4v) is 1.12. The highest BCUT2D eigenvalue weighted by molar-refractivity contribution is 5.46. The molecule has 1 aromatic heterocycles. The number of nitrogens with zero attached hydrogens (tertiary/aromatic N) is 3. The quantitative estimate of drug-likeness (QED) is 0.868. The number of alkyl halides is 3. The minimum atomic E-state index is -4.60. The summed E-state index contributed by atoms with van der Waals surface area (Å²) in [5.41, 5.74) is 5.31. The van der Waals surface area contributed by atoms with Crippen molar-refractivity contribution in [3.05, 3.63) is 11.9 Å². The minimum Gasteiger partial charge on any atom is -0.384 e. The van der Waals surface area contributed by atoms with E-state index in [-0.39, 0.29) is 11.6 Å². The maximum Gasteiger partial charge on any atom is 0.451 e. The van der Waals surface area contributed by atoms with Gasteiger partial charge in [0.1, 0.15) is 11.6 Å². The van der Waals surface area contributed by atoms with Crippen molar-refractivity contribution in [2.24, 2.45) is 0 Å². The fraction of sp³-hybridized carbons (Fsp3) is 0.556. The first-order valence-corrected chi connectivity index (χ1v) is 4.76. The van der Waals surface area contributed by atoms with Gasteiger partial charge in [-0.3, -0.25) is 0 Å². The second-order valence-corrected chi connectivity index (χ2v) is 3.39. The molecule has 0 spiro atoms. The third-order valence-electron chi connectivity index (χ3n) is 2.01. The molecule has 0 aliphatic heterocycles. The van der Waals surface area contributed by atoms with Crippen LogP contribution >= 0.6 is 0 Å². The SMILES string of the molecule is COCCN(C)c1cc(N)nc(C(F)(F)F)n1. The lowest BCUT2D eigenvalue weighted by Crippen LogP contribution is -2.25. The van der Waals surface area contributed by atoms with E-state index in [4.69, 9.17) is 10.5 Å². The Hall–Kier alpha value is -1.57. The van der Waals surface area contributed by atoms with Crippen LogP contribution in [0.25, 0.3) is 0 Å². The summed E-state index contributed by atoms with van der Waals surface area (Å²) in [7, 11) is 3.10. The van der Waals surface area contributed by atoms with E-state index in [1.807, 2.05) is 0 Å². The van der Waals surface area contributed by atoms with Gasteiger partial charge < -0.3 is 15.4 Å². The Bertz CT molecular complexity index is 383. The van der Waals surface area contributed by atoms with Crippen LogP contribution in [0.5, 0.6) is 0 Å². The zero-order chi connectivity index (χ0) is 13.1. The van der Waals surface area contributed by atoms with Crippen molar-refractivity contribution < 1.29 is 17.9 Å². The van der Waals surface area contributed by atoms with E-state index in [9.17, 15) is 13.2 Å². The van der Waals surface area contributed by atoms with Crippen LogP contribution in [0.4, 0.5) is 24.8 Å². The summed E-state index contributed by atoms with van der Waals surface area (Å²) in [5, 5.41) is 0. The third-order valence-corrected chi connectivity index (χ3v) is 2.01. The lowest BCUT2D eigenvalue weighted by atomic mass is 10.4. The zero-order valence-corrected chi connectivity index (χ0v) is 9.45. The van der Waals surface area contributed by atoms with Crippen molar-refractivity contribution in [1.82, 2.24) is 9.97 Å². The second-order valence-electron chi connectivity index (χ2n) is 3.39. The molecular formula is C9H13F3N4O. The number of aromatic nitrogens is 2. The molecule has 8 heteroatoms. The van der Waals surface area contributed by atoms with Gasteiger partial charge in [0.25, 0.3) is 0 Å². The summed E-state index contributed by atoms with van der Waals surface area (Å²) in [6, 6.07) is 1.28. The Balaban J connectivity index is 2.97. The summed E-state index contributed by atoms with van der Waals surface area (Å²) >= 11 is 0. The first kappa shape index (κ1) is 13.5. The fourth-order valence-electron chi connectivity index (χ4n) is 1.12. The van der Waals surface area contributed by atoms with Crippen LogP contribution in [-0.4, -0.2) is 37.3 Å². The van der Waals surface area contributed by atoms with Gasteiger partial charge in [0, 0.05) is 26.8 Å². The van der Waals surface area contributed by atoms with Crippen molar-refractivity contribution >= 4 is 11.6 Å². The molecule has 0 amide bonds. The van der Waals surface area contributed by atoms with E-state index in [2.05, 4.69) is 9.97 Å². The van der Waals surface area contributed by atoms with Crippen molar-refractivity contribution in [3.63, 3.8) is 0 Å². The Morgan fingerprint density at radius 3 is 2.59 bits per heavy atom. The normalized spacial score (nSPS) is 11.6. The topological polar surface area (TPSA) is 64.3 Å². The molecule has 0 aliphatic rings. The van der Waals surface area contributed by atoms with Crippen molar-refractivity contribution in [1.29, 1.82) is 0 Å². The highest BCUT2D eigenvalue weighted by atomic mass is 19.4. The maximum atomic E-state index is 12.4. The van der Waals surface area contributed by atoms with Gasteiger partial charge in [-0.2, -0.15) is 13.2 Å². The van der Waals surface area contributed by atoms with E-state index in [1.54, 1.807) is 7.05 Å². The van der Waals surface area contributed by atoms with Crippen LogP contribution in [0.2, 0.25) is 0 Å². The van der Waals surface area contributed by atoms with Gasteiger partial charge >= 0.3 is 6.18 Å². The molecule has 96 valence electrons. The number of rotatable bonds is 4. The van der Waals surface area contributed by atoms with Gasteiger partial charge in [-0.15, -0.1) is 0 Å². The van der Waals surface area contributed by atoms with Gasteiger partial charge in [-0.25, -0.2) is 9.97 Å². The largest absolute Gasteiger partial charge is 0.451 e. The molecule has 1 heterocycles. The van der Waals surface area contributed by atoms with Crippen LogP contribution in [0.3, 0.4) is 0 Å². The highest BCUT2D eigenvalue weighted by Gasteiger charge is 2.35. The molecule has 1 rings (SSSR count). The van der Waals surface area contributed by atoms with E-state index in [1.165, 1.54) is 18.1 Å². The first-order valence-electron chi connectivity index (χ1n) is 4.76. The van der Waals surface area contributed by atoms with Crippen LogP contribution in [0.15, 0.2) is 6.07 Å². The smallest absolute Gasteiger partial charge is 0.384 e. The second kappa shape index (κ2) is 5.17. The highest BCUT2D eigenvalue weighted by Crippen LogP contribution is 2.28.